The number of nitrogens with two attached hydrogens (primary N) is 1. The number of aliphatic hydroxyl groups is 1. The van der Waals surface area contributed by atoms with Crippen molar-refractivity contribution in [3.8, 4) is 0 Å². The van der Waals surface area contributed by atoms with E-state index in [9.17, 15) is 4.79 Å². The van der Waals surface area contributed by atoms with E-state index in [0.29, 0.717) is 31.9 Å². The molecule has 0 spiro atoms. The van der Waals surface area contributed by atoms with Gasteiger partial charge in [0.15, 0.2) is 5.76 Å². The Morgan fingerprint density at radius 3 is 2.94 bits per heavy atom. The van der Waals surface area contributed by atoms with Crippen molar-refractivity contribution >= 4 is 5.91 Å². The Labute approximate surface area is 99.7 Å². The van der Waals surface area contributed by atoms with E-state index in [-0.39, 0.29) is 24.8 Å². The topological polar surface area (TPSA) is 97.7 Å². The Balaban J connectivity index is 2.16. The van der Waals surface area contributed by atoms with Gasteiger partial charge in [-0.05, 0) is 18.6 Å². The van der Waals surface area contributed by atoms with E-state index in [2.05, 4.69) is 5.32 Å². The lowest BCUT2D eigenvalue weighted by Crippen LogP contribution is -2.25. The van der Waals surface area contributed by atoms with Gasteiger partial charge in [0.2, 0.25) is 0 Å². The summed E-state index contributed by atoms with van der Waals surface area (Å²) in [5.41, 5.74) is 5.37. The van der Waals surface area contributed by atoms with E-state index in [1.54, 1.807) is 12.1 Å². The number of ether oxygens (including phenoxy) is 1. The lowest BCUT2D eigenvalue weighted by molar-refractivity contribution is 0.0855. The Morgan fingerprint density at radius 2 is 2.29 bits per heavy atom. The lowest BCUT2D eigenvalue weighted by atomic mass is 10.4. The zero-order valence-electron chi connectivity index (χ0n) is 9.65. The predicted molar refractivity (Wildman–Crippen MR) is 61.5 cm³/mol. The van der Waals surface area contributed by atoms with Gasteiger partial charge in [-0.3, -0.25) is 4.79 Å². The summed E-state index contributed by atoms with van der Waals surface area (Å²) in [4.78, 5) is 11.5. The van der Waals surface area contributed by atoms with Gasteiger partial charge in [-0.25, -0.2) is 0 Å². The van der Waals surface area contributed by atoms with Crippen LogP contribution in [0.1, 0.15) is 22.7 Å². The number of carbonyl (C=O) groups excluding carboxylic acids is 1. The van der Waals surface area contributed by atoms with Crippen LogP contribution in [0.5, 0.6) is 0 Å². The van der Waals surface area contributed by atoms with E-state index in [0.717, 1.165) is 0 Å². The van der Waals surface area contributed by atoms with Gasteiger partial charge < -0.3 is 25.3 Å². The highest BCUT2D eigenvalue weighted by molar-refractivity contribution is 5.91. The average Bonchev–Trinajstić information content (AvgIpc) is 2.82. The Hall–Kier alpha value is -1.37. The molecule has 17 heavy (non-hydrogen) atoms. The zero-order chi connectivity index (χ0) is 12.5. The highest BCUT2D eigenvalue weighted by Gasteiger charge is 2.09. The number of nitrogens with one attached hydrogen (secondary N) is 1. The van der Waals surface area contributed by atoms with Crippen LogP contribution < -0.4 is 11.1 Å². The zero-order valence-corrected chi connectivity index (χ0v) is 9.65. The summed E-state index contributed by atoms with van der Waals surface area (Å²) in [5.74, 6) is 0.593. The predicted octanol–water partition coefficient (Wildman–Crippen LogP) is -0.133. The summed E-state index contributed by atoms with van der Waals surface area (Å²) in [5, 5.41) is 11.2. The molecule has 96 valence electrons. The first kappa shape index (κ1) is 13.7. The molecule has 0 fully saturated rings. The van der Waals surface area contributed by atoms with Crippen molar-refractivity contribution in [3.63, 3.8) is 0 Å². The van der Waals surface area contributed by atoms with Gasteiger partial charge in [0.25, 0.3) is 5.91 Å². The third-order valence-electron chi connectivity index (χ3n) is 2.07. The average molecular weight is 242 g/mol. The van der Waals surface area contributed by atoms with E-state index in [4.69, 9.17) is 20.0 Å². The van der Waals surface area contributed by atoms with E-state index in [1.165, 1.54) is 0 Å². The van der Waals surface area contributed by atoms with Crippen molar-refractivity contribution in [2.45, 2.75) is 13.0 Å². The standard InChI is InChI=1S/C11H18N2O4/c12-8-9-2-3-10(17-9)11(15)13-4-1-6-16-7-5-14/h2-3,14H,1,4-8,12H2,(H,13,15). The van der Waals surface area contributed by atoms with Crippen molar-refractivity contribution in [2.75, 3.05) is 26.4 Å². The van der Waals surface area contributed by atoms with Crippen LogP contribution >= 0.6 is 0 Å². The molecule has 1 rings (SSSR count). The summed E-state index contributed by atoms with van der Waals surface area (Å²) in [6, 6.07) is 3.28. The van der Waals surface area contributed by atoms with E-state index < -0.39 is 0 Å². The summed E-state index contributed by atoms with van der Waals surface area (Å²) in [6.45, 7) is 1.63. The maximum absolute atomic E-state index is 11.5. The lowest BCUT2D eigenvalue weighted by Gasteiger charge is -2.03. The van der Waals surface area contributed by atoms with Crippen molar-refractivity contribution in [1.29, 1.82) is 0 Å². The fourth-order valence-corrected chi connectivity index (χ4v) is 1.24. The Kier molecular flexibility index (Phi) is 6.31. The first-order chi connectivity index (χ1) is 8.27. The SMILES string of the molecule is NCc1ccc(C(=O)NCCCOCCO)o1. The van der Waals surface area contributed by atoms with Crippen molar-refractivity contribution in [1.82, 2.24) is 5.32 Å². The fraction of sp³-hybridized carbons (Fsp3) is 0.545. The van der Waals surface area contributed by atoms with Crippen molar-refractivity contribution in [3.05, 3.63) is 23.7 Å². The van der Waals surface area contributed by atoms with Crippen LogP contribution in [0, 0.1) is 0 Å². The number of aliphatic hydroxyl groups excluding tert-OH is 1. The van der Waals surface area contributed by atoms with Crippen molar-refractivity contribution in [2.24, 2.45) is 5.73 Å². The fourth-order valence-electron chi connectivity index (χ4n) is 1.24. The maximum Gasteiger partial charge on any atom is 0.286 e. The molecule has 1 heterocycles. The first-order valence-electron chi connectivity index (χ1n) is 5.53. The smallest absolute Gasteiger partial charge is 0.286 e. The molecule has 0 aromatic carbocycles. The van der Waals surface area contributed by atoms with Gasteiger partial charge in [-0.2, -0.15) is 0 Å². The minimum absolute atomic E-state index is 0.0145. The van der Waals surface area contributed by atoms with Crippen LogP contribution in [-0.4, -0.2) is 37.4 Å². The third-order valence-corrected chi connectivity index (χ3v) is 2.07. The Morgan fingerprint density at radius 1 is 1.47 bits per heavy atom. The molecule has 6 nitrogen and oxygen atoms in total. The molecule has 0 unspecified atom stereocenters. The largest absolute Gasteiger partial charge is 0.455 e. The van der Waals surface area contributed by atoms with Crippen LogP contribution in [0.2, 0.25) is 0 Å². The van der Waals surface area contributed by atoms with Gasteiger partial charge in [0.1, 0.15) is 5.76 Å². The molecule has 0 aliphatic carbocycles. The van der Waals surface area contributed by atoms with Crippen LogP contribution in [0.4, 0.5) is 0 Å². The maximum atomic E-state index is 11.5. The minimum Gasteiger partial charge on any atom is -0.455 e. The normalized spacial score (nSPS) is 10.5. The minimum atomic E-state index is -0.258. The first-order valence-corrected chi connectivity index (χ1v) is 5.53. The second-order valence-electron chi connectivity index (χ2n) is 3.42. The summed E-state index contributed by atoms with van der Waals surface area (Å²) in [7, 11) is 0. The summed E-state index contributed by atoms with van der Waals surface area (Å²) >= 11 is 0. The van der Waals surface area contributed by atoms with Gasteiger partial charge in [-0.15, -0.1) is 0 Å². The summed E-state index contributed by atoms with van der Waals surface area (Å²) < 4.78 is 10.2. The second-order valence-corrected chi connectivity index (χ2v) is 3.42. The van der Waals surface area contributed by atoms with Crippen LogP contribution in [0.15, 0.2) is 16.5 Å². The van der Waals surface area contributed by atoms with Gasteiger partial charge >= 0.3 is 0 Å². The molecular formula is C11H18N2O4. The second kappa shape index (κ2) is 7.83. The van der Waals surface area contributed by atoms with Gasteiger partial charge in [0.05, 0.1) is 19.8 Å². The molecule has 0 aliphatic heterocycles. The molecule has 4 N–H and O–H groups in total. The van der Waals surface area contributed by atoms with Crippen molar-refractivity contribution < 1.29 is 19.1 Å². The Bertz CT molecular complexity index is 338. The van der Waals surface area contributed by atoms with Crippen LogP contribution in [-0.2, 0) is 11.3 Å². The molecule has 0 atom stereocenters. The number of carbonyl (C=O) groups is 1. The third kappa shape index (κ3) is 4.99. The number of hydrogen-bond acceptors (Lipinski definition) is 5. The molecule has 0 aliphatic rings. The van der Waals surface area contributed by atoms with Crippen LogP contribution in [0.25, 0.3) is 0 Å². The molecule has 6 heteroatoms. The highest BCUT2D eigenvalue weighted by Crippen LogP contribution is 2.06. The molecular weight excluding hydrogens is 224 g/mol. The molecule has 0 saturated carbocycles. The molecule has 1 aromatic heterocycles. The van der Waals surface area contributed by atoms with Crippen LogP contribution in [0.3, 0.4) is 0 Å². The number of hydrogen-bond donors (Lipinski definition) is 3. The molecule has 1 amide bonds. The highest BCUT2D eigenvalue weighted by atomic mass is 16.5. The summed E-state index contributed by atoms with van der Waals surface area (Å²) in [6.07, 6.45) is 0.691. The molecule has 1 aromatic rings. The molecule has 0 saturated heterocycles. The van der Waals surface area contributed by atoms with E-state index >= 15 is 0 Å². The number of rotatable bonds is 8. The number of furan rings is 1. The quantitative estimate of drug-likeness (QED) is 0.551. The number of amides is 1. The molecule has 0 radical (unpaired) electrons. The molecule has 0 bridgehead atoms. The van der Waals surface area contributed by atoms with Gasteiger partial charge in [-0.1, -0.05) is 0 Å². The van der Waals surface area contributed by atoms with E-state index in [1.807, 2.05) is 0 Å². The monoisotopic (exact) mass is 242 g/mol. The van der Waals surface area contributed by atoms with Gasteiger partial charge in [0, 0.05) is 13.2 Å².